The van der Waals surface area contributed by atoms with Gasteiger partial charge in [0.25, 0.3) is 0 Å². The number of rotatable bonds is 3. The van der Waals surface area contributed by atoms with Crippen LogP contribution in [0.15, 0.2) is 0 Å². The van der Waals surface area contributed by atoms with Crippen LogP contribution >= 0.6 is 11.3 Å². The Balaban J connectivity index is 2.90. The number of thiophene rings is 1. The average molecular weight is 346 g/mol. The maximum atomic E-state index is 12.9. The Morgan fingerprint density at radius 2 is 1.96 bits per heavy atom. The number of carbonyl (C=O) groups is 2. The Hall–Kier alpha value is -2.66. The quantitative estimate of drug-likeness (QED) is 0.645. The zero-order valence-electron chi connectivity index (χ0n) is 13.9. The highest BCUT2D eigenvalue weighted by Gasteiger charge is 2.32. The van der Waals surface area contributed by atoms with Crippen molar-refractivity contribution in [3.05, 3.63) is 16.0 Å². The highest BCUT2D eigenvalue weighted by atomic mass is 32.1. The van der Waals surface area contributed by atoms with Crippen LogP contribution in [-0.2, 0) is 4.74 Å². The number of pyridine rings is 1. The summed E-state index contributed by atoms with van der Waals surface area (Å²) in [6.07, 6.45) is 0. The van der Waals surface area contributed by atoms with Crippen molar-refractivity contribution in [3.63, 3.8) is 0 Å². The summed E-state index contributed by atoms with van der Waals surface area (Å²) in [6.45, 7) is 7.06. The van der Waals surface area contributed by atoms with Gasteiger partial charge >= 0.3 is 5.97 Å². The van der Waals surface area contributed by atoms with E-state index in [4.69, 9.17) is 16.2 Å². The van der Waals surface area contributed by atoms with E-state index in [1.807, 2.05) is 6.07 Å². The van der Waals surface area contributed by atoms with Crippen LogP contribution in [0.5, 0.6) is 0 Å². The van der Waals surface area contributed by atoms with Crippen molar-refractivity contribution in [1.82, 2.24) is 4.98 Å². The van der Waals surface area contributed by atoms with Crippen molar-refractivity contribution in [2.24, 2.45) is 5.41 Å². The van der Waals surface area contributed by atoms with E-state index < -0.39 is 11.4 Å². The van der Waals surface area contributed by atoms with E-state index >= 15 is 0 Å². The summed E-state index contributed by atoms with van der Waals surface area (Å²) >= 11 is 0.995. The van der Waals surface area contributed by atoms with Gasteiger partial charge in [-0.1, -0.05) is 20.8 Å². The van der Waals surface area contributed by atoms with Gasteiger partial charge in [0.15, 0.2) is 5.78 Å². The molecule has 2 heterocycles. The zero-order chi connectivity index (χ0) is 18.2. The number of esters is 1. The monoisotopic (exact) mass is 346 g/mol. The minimum atomic E-state index is -0.759. The second kappa shape index (κ2) is 6.09. The molecular formula is C16H18N4O3S. The topological polar surface area (TPSA) is 132 Å². The van der Waals surface area contributed by atoms with Gasteiger partial charge in [-0.25, -0.2) is 9.78 Å². The molecule has 0 aliphatic carbocycles. The van der Waals surface area contributed by atoms with E-state index in [0.29, 0.717) is 4.83 Å². The van der Waals surface area contributed by atoms with E-state index in [1.165, 1.54) is 0 Å². The number of aromatic nitrogens is 1. The molecule has 2 rings (SSSR count). The molecule has 8 heteroatoms. The van der Waals surface area contributed by atoms with Crippen molar-refractivity contribution >= 4 is 44.8 Å². The van der Waals surface area contributed by atoms with Crippen LogP contribution in [0, 0.1) is 16.7 Å². The molecule has 24 heavy (non-hydrogen) atoms. The number of nitriles is 1. The number of Topliss-reactive ketones (excluding diaryl/α,β-unsaturated/α-hetero) is 1. The van der Waals surface area contributed by atoms with E-state index in [-0.39, 0.29) is 45.3 Å². The van der Waals surface area contributed by atoms with Crippen molar-refractivity contribution < 1.29 is 14.3 Å². The molecule has 0 amide bonds. The van der Waals surface area contributed by atoms with Gasteiger partial charge in [-0.15, -0.1) is 11.3 Å². The van der Waals surface area contributed by atoms with Crippen molar-refractivity contribution in [2.75, 3.05) is 18.1 Å². The highest BCUT2D eigenvalue weighted by Crippen LogP contribution is 2.40. The lowest BCUT2D eigenvalue weighted by atomic mass is 9.83. The number of anilines is 2. The Kier molecular flexibility index (Phi) is 4.49. The van der Waals surface area contributed by atoms with Gasteiger partial charge < -0.3 is 16.2 Å². The van der Waals surface area contributed by atoms with Crippen LogP contribution in [0.2, 0.25) is 0 Å². The first-order chi connectivity index (χ1) is 11.1. The first-order valence-electron chi connectivity index (χ1n) is 7.26. The van der Waals surface area contributed by atoms with Crippen LogP contribution in [-0.4, -0.2) is 23.3 Å². The van der Waals surface area contributed by atoms with Crippen molar-refractivity contribution in [1.29, 1.82) is 5.26 Å². The molecular weight excluding hydrogens is 328 g/mol. The summed E-state index contributed by atoms with van der Waals surface area (Å²) in [4.78, 5) is 29.5. The third-order valence-corrected chi connectivity index (χ3v) is 4.47. The number of ketones is 1. The SMILES string of the molecule is CCOC(=O)c1sc2nc(N)c(C#N)c(C(=O)C(C)(C)C)c2c1N. The summed E-state index contributed by atoms with van der Waals surface area (Å²) < 4.78 is 4.98. The largest absolute Gasteiger partial charge is 0.462 e. The van der Waals surface area contributed by atoms with Crippen LogP contribution in [0.4, 0.5) is 11.5 Å². The van der Waals surface area contributed by atoms with Crippen LogP contribution < -0.4 is 11.5 Å². The van der Waals surface area contributed by atoms with Crippen molar-refractivity contribution in [2.45, 2.75) is 27.7 Å². The summed E-state index contributed by atoms with van der Waals surface area (Å²) in [6, 6.07) is 1.92. The van der Waals surface area contributed by atoms with Gasteiger partial charge in [0, 0.05) is 10.8 Å². The number of carbonyl (C=O) groups excluding carboxylic acids is 2. The van der Waals surface area contributed by atoms with Gasteiger partial charge in [0.1, 0.15) is 27.2 Å². The molecule has 0 aliphatic rings. The summed E-state index contributed by atoms with van der Waals surface area (Å²) in [5.74, 6) is -0.948. The predicted molar refractivity (Wildman–Crippen MR) is 92.9 cm³/mol. The molecule has 0 atom stereocenters. The zero-order valence-corrected chi connectivity index (χ0v) is 14.7. The fourth-order valence-electron chi connectivity index (χ4n) is 2.23. The van der Waals surface area contributed by atoms with Gasteiger partial charge in [-0.05, 0) is 6.92 Å². The second-order valence-electron chi connectivity index (χ2n) is 6.18. The number of ether oxygens (including phenoxy) is 1. The summed E-state index contributed by atoms with van der Waals surface area (Å²) in [5.41, 5.74) is 11.3. The number of nitrogens with two attached hydrogens (primary N) is 2. The van der Waals surface area contributed by atoms with Crippen LogP contribution in [0.3, 0.4) is 0 Å². The van der Waals surface area contributed by atoms with Gasteiger partial charge in [-0.3, -0.25) is 4.79 Å². The lowest BCUT2D eigenvalue weighted by Crippen LogP contribution is -2.22. The van der Waals surface area contributed by atoms with Crippen LogP contribution in [0.25, 0.3) is 10.2 Å². The number of hydrogen-bond donors (Lipinski definition) is 2. The Bertz CT molecular complexity index is 888. The standard InChI is InChI=1S/C16H18N4O3S/c1-5-23-15(22)11-10(18)9-8(12(21)16(2,3)4)7(6-17)13(19)20-14(9)24-11/h5,18H2,1-4H3,(H2,19,20). The molecule has 7 nitrogen and oxygen atoms in total. The number of fused-ring (bicyclic) bond motifs is 1. The van der Waals surface area contributed by atoms with E-state index in [2.05, 4.69) is 4.98 Å². The summed E-state index contributed by atoms with van der Waals surface area (Å²) in [7, 11) is 0. The fourth-order valence-corrected chi connectivity index (χ4v) is 3.24. The van der Waals surface area contributed by atoms with Crippen LogP contribution in [0.1, 0.15) is 53.3 Å². The third kappa shape index (κ3) is 2.78. The Morgan fingerprint density at radius 3 is 2.46 bits per heavy atom. The van der Waals surface area contributed by atoms with Gasteiger partial charge in [0.05, 0.1) is 17.9 Å². The third-order valence-electron chi connectivity index (χ3n) is 3.39. The highest BCUT2D eigenvalue weighted by molar-refractivity contribution is 7.21. The number of nitrogen functional groups attached to an aromatic ring is 2. The molecule has 0 unspecified atom stereocenters. The molecule has 2 aromatic rings. The van der Waals surface area contributed by atoms with E-state index in [0.717, 1.165) is 11.3 Å². The van der Waals surface area contributed by atoms with Gasteiger partial charge in [-0.2, -0.15) is 5.26 Å². The smallest absolute Gasteiger partial charge is 0.350 e. The first kappa shape index (κ1) is 17.7. The minimum absolute atomic E-state index is 0.0256. The Morgan fingerprint density at radius 1 is 1.33 bits per heavy atom. The normalized spacial score (nSPS) is 11.3. The molecule has 126 valence electrons. The summed E-state index contributed by atoms with van der Waals surface area (Å²) in [5, 5.41) is 9.70. The Labute approximate surface area is 143 Å². The molecule has 0 spiro atoms. The molecule has 0 aliphatic heterocycles. The predicted octanol–water partition coefficient (Wildman–Crippen LogP) is 2.74. The molecule has 0 saturated heterocycles. The maximum Gasteiger partial charge on any atom is 0.350 e. The molecule has 0 radical (unpaired) electrons. The molecule has 2 aromatic heterocycles. The van der Waals surface area contributed by atoms with Gasteiger partial charge in [0.2, 0.25) is 0 Å². The van der Waals surface area contributed by atoms with E-state index in [1.54, 1.807) is 27.7 Å². The second-order valence-corrected chi connectivity index (χ2v) is 7.18. The van der Waals surface area contributed by atoms with Crippen molar-refractivity contribution in [3.8, 4) is 6.07 Å². The lowest BCUT2D eigenvalue weighted by molar-refractivity contribution is 0.0533. The molecule has 4 N–H and O–H groups in total. The fraction of sp³-hybridized carbons (Fsp3) is 0.375. The van der Waals surface area contributed by atoms with E-state index in [9.17, 15) is 14.9 Å². The molecule has 0 saturated carbocycles. The average Bonchev–Trinajstić information content (AvgIpc) is 2.81. The maximum absolute atomic E-state index is 12.9. The number of nitrogens with zero attached hydrogens (tertiary/aromatic N) is 2. The minimum Gasteiger partial charge on any atom is -0.462 e. The number of hydrogen-bond acceptors (Lipinski definition) is 8. The lowest BCUT2D eigenvalue weighted by Gasteiger charge is -2.18. The first-order valence-corrected chi connectivity index (χ1v) is 8.08. The molecule has 0 aromatic carbocycles. The molecule has 0 fully saturated rings. The molecule has 0 bridgehead atoms.